The molecule has 0 amide bonds. The molecule has 0 saturated heterocycles. The number of benzene rings is 2. The Bertz CT molecular complexity index is 809. The third-order valence-electron chi connectivity index (χ3n) is 3.66. The van der Waals surface area contributed by atoms with Crippen molar-refractivity contribution in [2.75, 3.05) is 11.9 Å². The lowest BCUT2D eigenvalue weighted by atomic mass is 10.2. The Hall–Kier alpha value is -2.80. The van der Waals surface area contributed by atoms with Crippen LogP contribution in [-0.2, 0) is 13.6 Å². The molecule has 0 unspecified atom stereocenters. The molecule has 3 rings (SSSR count). The van der Waals surface area contributed by atoms with Crippen LogP contribution < -0.4 is 4.90 Å². The minimum atomic E-state index is 0.676. The molecule has 1 heterocycles. The van der Waals surface area contributed by atoms with E-state index in [-0.39, 0.29) is 0 Å². The summed E-state index contributed by atoms with van der Waals surface area (Å²) in [6.45, 7) is 0.729. The number of hydrogen-bond donors (Lipinski definition) is 0. The van der Waals surface area contributed by atoms with Gasteiger partial charge in [0.15, 0.2) is 0 Å². The molecule has 0 aliphatic carbocycles. The Morgan fingerprint density at radius 1 is 1.14 bits per heavy atom. The van der Waals surface area contributed by atoms with E-state index in [9.17, 15) is 0 Å². The summed E-state index contributed by atoms with van der Waals surface area (Å²) in [6.07, 6.45) is 0. The number of nitrogens with zero attached hydrogens (tertiary/aromatic N) is 4. The number of nitriles is 1. The molecule has 4 nitrogen and oxygen atoms in total. The van der Waals surface area contributed by atoms with E-state index in [4.69, 9.17) is 5.26 Å². The van der Waals surface area contributed by atoms with Crippen LogP contribution in [0.5, 0.6) is 0 Å². The zero-order valence-corrected chi connectivity index (χ0v) is 12.1. The normalized spacial score (nSPS) is 10.5. The van der Waals surface area contributed by atoms with Crippen molar-refractivity contribution in [1.82, 2.24) is 9.78 Å². The molecule has 4 heteroatoms. The Morgan fingerprint density at radius 3 is 2.57 bits per heavy atom. The SMILES string of the molecule is CN(Cc1nn(C)c2ccccc12)c1ccc(C#N)cc1. The van der Waals surface area contributed by atoms with Gasteiger partial charge in [-0.3, -0.25) is 4.68 Å². The van der Waals surface area contributed by atoms with Gasteiger partial charge in [-0.2, -0.15) is 10.4 Å². The maximum Gasteiger partial charge on any atom is 0.0991 e. The molecule has 0 atom stereocenters. The molecule has 104 valence electrons. The van der Waals surface area contributed by atoms with E-state index in [0.717, 1.165) is 23.4 Å². The highest BCUT2D eigenvalue weighted by Gasteiger charge is 2.10. The van der Waals surface area contributed by atoms with Gasteiger partial charge in [0.05, 0.1) is 29.4 Å². The number of aryl methyl sites for hydroxylation is 1. The van der Waals surface area contributed by atoms with Crippen LogP contribution >= 0.6 is 0 Å². The van der Waals surface area contributed by atoms with Crippen molar-refractivity contribution in [3.63, 3.8) is 0 Å². The third kappa shape index (κ3) is 2.46. The summed E-state index contributed by atoms with van der Waals surface area (Å²) >= 11 is 0. The Kier molecular flexibility index (Phi) is 3.33. The van der Waals surface area contributed by atoms with Crippen LogP contribution in [-0.4, -0.2) is 16.8 Å². The van der Waals surface area contributed by atoms with Crippen LogP contribution in [0.1, 0.15) is 11.3 Å². The number of para-hydroxylation sites is 1. The first-order valence-electron chi connectivity index (χ1n) is 6.81. The van der Waals surface area contributed by atoms with Gasteiger partial charge < -0.3 is 4.90 Å². The smallest absolute Gasteiger partial charge is 0.0991 e. The summed E-state index contributed by atoms with van der Waals surface area (Å²) in [5.74, 6) is 0. The van der Waals surface area contributed by atoms with Crippen LogP contribution in [0.3, 0.4) is 0 Å². The molecular formula is C17H16N4. The number of fused-ring (bicyclic) bond motifs is 1. The van der Waals surface area contributed by atoms with Gasteiger partial charge in [-0.05, 0) is 30.3 Å². The second-order valence-electron chi connectivity index (χ2n) is 5.10. The van der Waals surface area contributed by atoms with Gasteiger partial charge in [-0.25, -0.2) is 0 Å². The molecule has 0 spiro atoms. The van der Waals surface area contributed by atoms with Gasteiger partial charge in [-0.15, -0.1) is 0 Å². The first-order chi connectivity index (χ1) is 10.2. The number of rotatable bonds is 3. The summed E-state index contributed by atoms with van der Waals surface area (Å²) < 4.78 is 1.91. The molecule has 0 fully saturated rings. The van der Waals surface area contributed by atoms with Crippen molar-refractivity contribution in [3.8, 4) is 6.07 Å². The summed E-state index contributed by atoms with van der Waals surface area (Å²) in [6, 6.07) is 18.0. The van der Waals surface area contributed by atoms with Gasteiger partial charge in [0, 0.05) is 25.2 Å². The summed E-state index contributed by atoms with van der Waals surface area (Å²) in [4.78, 5) is 2.13. The fraction of sp³-hybridized carbons (Fsp3) is 0.176. The van der Waals surface area contributed by atoms with Crippen molar-refractivity contribution in [2.45, 2.75) is 6.54 Å². The second-order valence-corrected chi connectivity index (χ2v) is 5.10. The van der Waals surface area contributed by atoms with E-state index in [1.165, 1.54) is 5.39 Å². The van der Waals surface area contributed by atoms with Crippen LogP contribution in [0.2, 0.25) is 0 Å². The molecule has 0 bridgehead atoms. The molecule has 0 aliphatic heterocycles. The maximum absolute atomic E-state index is 8.85. The third-order valence-corrected chi connectivity index (χ3v) is 3.66. The van der Waals surface area contributed by atoms with Gasteiger partial charge >= 0.3 is 0 Å². The molecule has 1 aromatic heterocycles. The minimum absolute atomic E-state index is 0.676. The predicted molar refractivity (Wildman–Crippen MR) is 84.0 cm³/mol. The van der Waals surface area contributed by atoms with Crippen LogP contribution in [0, 0.1) is 11.3 Å². The Morgan fingerprint density at radius 2 is 1.86 bits per heavy atom. The van der Waals surface area contributed by atoms with Crippen molar-refractivity contribution in [3.05, 3.63) is 59.8 Å². The fourth-order valence-corrected chi connectivity index (χ4v) is 2.51. The fourth-order valence-electron chi connectivity index (χ4n) is 2.51. The standard InChI is InChI=1S/C17H16N4/c1-20(14-9-7-13(11-18)8-10-14)12-16-15-5-3-4-6-17(15)21(2)19-16/h3-10H,12H2,1-2H3. The van der Waals surface area contributed by atoms with Crippen molar-refractivity contribution < 1.29 is 0 Å². The average molecular weight is 276 g/mol. The molecule has 2 aromatic carbocycles. The van der Waals surface area contributed by atoms with Gasteiger partial charge in [-0.1, -0.05) is 18.2 Å². The van der Waals surface area contributed by atoms with E-state index < -0.39 is 0 Å². The van der Waals surface area contributed by atoms with E-state index >= 15 is 0 Å². The van der Waals surface area contributed by atoms with Gasteiger partial charge in [0.1, 0.15) is 0 Å². The van der Waals surface area contributed by atoms with E-state index in [2.05, 4.69) is 28.2 Å². The predicted octanol–water partition coefficient (Wildman–Crippen LogP) is 3.08. The number of anilines is 1. The first-order valence-corrected chi connectivity index (χ1v) is 6.81. The topological polar surface area (TPSA) is 44.9 Å². The quantitative estimate of drug-likeness (QED) is 0.738. The van der Waals surface area contributed by atoms with Crippen LogP contribution in [0.15, 0.2) is 48.5 Å². The van der Waals surface area contributed by atoms with E-state index in [1.54, 1.807) is 0 Å². The lowest BCUT2D eigenvalue weighted by molar-refractivity contribution is 0.754. The Balaban J connectivity index is 1.89. The average Bonchev–Trinajstić information content (AvgIpc) is 2.84. The number of aromatic nitrogens is 2. The highest BCUT2D eigenvalue weighted by atomic mass is 15.3. The molecule has 0 N–H and O–H groups in total. The molecule has 3 aromatic rings. The highest BCUT2D eigenvalue weighted by Crippen LogP contribution is 2.21. The van der Waals surface area contributed by atoms with Crippen molar-refractivity contribution in [1.29, 1.82) is 5.26 Å². The van der Waals surface area contributed by atoms with E-state index in [0.29, 0.717) is 5.56 Å². The summed E-state index contributed by atoms with van der Waals surface area (Å²) in [7, 11) is 4.00. The summed E-state index contributed by atoms with van der Waals surface area (Å²) in [5, 5.41) is 14.6. The molecule has 21 heavy (non-hydrogen) atoms. The number of hydrogen-bond acceptors (Lipinski definition) is 3. The molecule has 0 radical (unpaired) electrons. The molecule has 0 aliphatic rings. The lowest BCUT2D eigenvalue weighted by Gasteiger charge is -2.18. The van der Waals surface area contributed by atoms with E-state index in [1.807, 2.05) is 55.2 Å². The zero-order valence-electron chi connectivity index (χ0n) is 12.1. The first kappa shape index (κ1) is 13.2. The maximum atomic E-state index is 8.85. The largest absolute Gasteiger partial charge is 0.369 e. The highest BCUT2D eigenvalue weighted by molar-refractivity contribution is 5.82. The van der Waals surface area contributed by atoms with Gasteiger partial charge in [0.2, 0.25) is 0 Å². The van der Waals surface area contributed by atoms with Crippen molar-refractivity contribution >= 4 is 16.6 Å². The molecular weight excluding hydrogens is 260 g/mol. The second kappa shape index (κ2) is 5.29. The monoisotopic (exact) mass is 276 g/mol. The van der Waals surface area contributed by atoms with Gasteiger partial charge in [0.25, 0.3) is 0 Å². The van der Waals surface area contributed by atoms with Crippen LogP contribution in [0.25, 0.3) is 10.9 Å². The van der Waals surface area contributed by atoms with Crippen LogP contribution in [0.4, 0.5) is 5.69 Å². The zero-order chi connectivity index (χ0) is 14.8. The summed E-state index contributed by atoms with van der Waals surface area (Å²) in [5.41, 5.74) is 3.94. The minimum Gasteiger partial charge on any atom is -0.369 e. The lowest BCUT2D eigenvalue weighted by Crippen LogP contribution is -2.16. The van der Waals surface area contributed by atoms with Crippen molar-refractivity contribution in [2.24, 2.45) is 7.05 Å². The Labute approximate surface area is 123 Å². The molecule has 0 saturated carbocycles.